The first-order valence-corrected chi connectivity index (χ1v) is 6.81. The minimum absolute atomic E-state index is 0.180. The van der Waals surface area contributed by atoms with Crippen molar-refractivity contribution < 1.29 is 9.84 Å². The lowest BCUT2D eigenvalue weighted by Crippen LogP contribution is -2.24. The van der Waals surface area contributed by atoms with Gasteiger partial charge in [-0.15, -0.1) is 0 Å². The highest BCUT2D eigenvalue weighted by molar-refractivity contribution is 5.28. The Bertz CT molecular complexity index is 510. The molecule has 2 atom stereocenters. The van der Waals surface area contributed by atoms with Gasteiger partial charge in [0.15, 0.2) is 0 Å². The Balaban J connectivity index is 1.89. The molecule has 2 aromatic carbocycles. The van der Waals surface area contributed by atoms with Crippen molar-refractivity contribution in [2.75, 3.05) is 13.7 Å². The van der Waals surface area contributed by atoms with E-state index >= 15 is 0 Å². The molecule has 0 aliphatic rings. The highest BCUT2D eigenvalue weighted by atomic mass is 16.5. The standard InChI is InChI=1S/C17H21NO2/c1-13(14-8-10-16(20-2)11-9-14)18-12-17(19)15-6-4-3-5-7-15/h3-11,13,17-19H,12H2,1-2H3. The topological polar surface area (TPSA) is 41.5 Å². The number of methoxy groups -OCH3 is 1. The molecule has 0 aromatic heterocycles. The lowest BCUT2D eigenvalue weighted by atomic mass is 10.1. The highest BCUT2D eigenvalue weighted by Gasteiger charge is 2.10. The molecule has 2 rings (SSSR count). The van der Waals surface area contributed by atoms with E-state index in [4.69, 9.17) is 4.74 Å². The first-order valence-electron chi connectivity index (χ1n) is 6.81. The molecule has 0 saturated heterocycles. The predicted octanol–water partition coefficient (Wildman–Crippen LogP) is 3.08. The molecule has 3 heteroatoms. The Morgan fingerprint density at radius 2 is 1.65 bits per heavy atom. The number of hydrogen-bond donors (Lipinski definition) is 2. The van der Waals surface area contributed by atoms with Crippen LogP contribution in [0.4, 0.5) is 0 Å². The van der Waals surface area contributed by atoms with Crippen LogP contribution in [0.2, 0.25) is 0 Å². The first kappa shape index (κ1) is 14.6. The van der Waals surface area contributed by atoms with E-state index in [2.05, 4.69) is 12.2 Å². The number of ether oxygens (including phenoxy) is 1. The average Bonchev–Trinajstić information content (AvgIpc) is 2.53. The molecule has 3 nitrogen and oxygen atoms in total. The van der Waals surface area contributed by atoms with E-state index in [9.17, 15) is 5.11 Å². The van der Waals surface area contributed by atoms with Gasteiger partial charge in [-0.05, 0) is 30.2 Å². The number of aliphatic hydroxyl groups excluding tert-OH is 1. The van der Waals surface area contributed by atoms with Crippen LogP contribution in [-0.2, 0) is 0 Å². The second kappa shape index (κ2) is 7.08. The number of aliphatic hydroxyl groups is 1. The van der Waals surface area contributed by atoms with Crippen molar-refractivity contribution in [3.63, 3.8) is 0 Å². The summed E-state index contributed by atoms with van der Waals surface area (Å²) < 4.78 is 5.14. The van der Waals surface area contributed by atoms with Crippen molar-refractivity contribution in [2.45, 2.75) is 19.1 Å². The van der Waals surface area contributed by atoms with Gasteiger partial charge in [0.05, 0.1) is 13.2 Å². The normalized spacial score (nSPS) is 13.8. The smallest absolute Gasteiger partial charge is 0.118 e. The monoisotopic (exact) mass is 271 g/mol. The van der Waals surface area contributed by atoms with Crippen molar-refractivity contribution in [2.24, 2.45) is 0 Å². The molecule has 106 valence electrons. The summed E-state index contributed by atoms with van der Waals surface area (Å²) in [5.74, 6) is 0.852. The number of benzene rings is 2. The molecule has 0 amide bonds. The van der Waals surface area contributed by atoms with Gasteiger partial charge in [-0.2, -0.15) is 0 Å². The summed E-state index contributed by atoms with van der Waals surface area (Å²) in [6.45, 7) is 2.61. The molecular formula is C17H21NO2. The van der Waals surface area contributed by atoms with E-state index in [-0.39, 0.29) is 6.04 Å². The van der Waals surface area contributed by atoms with Gasteiger partial charge >= 0.3 is 0 Å². The lowest BCUT2D eigenvalue weighted by molar-refractivity contribution is 0.171. The van der Waals surface area contributed by atoms with Crippen LogP contribution < -0.4 is 10.1 Å². The maximum Gasteiger partial charge on any atom is 0.118 e. The van der Waals surface area contributed by atoms with Crippen molar-refractivity contribution in [1.29, 1.82) is 0 Å². The summed E-state index contributed by atoms with van der Waals surface area (Å²) in [5, 5.41) is 13.5. The predicted molar refractivity (Wildman–Crippen MR) is 80.8 cm³/mol. The third-order valence-electron chi connectivity index (χ3n) is 3.42. The molecule has 0 radical (unpaired) electrons. The summed E-state index contributed by atoms with van der Waals surface area (Å²) in [5.41, 5.74) is 2.10. The fraction of sp³-hybridized carbons (Fsp3) is 0.294. The Morgan fingerprint density at radius 3 is 2.25 bits per heavy atom. The zero-order valence-electron chi connectivity index (χ0n) is 11.9. The van der Waals surface area contributed by atoms with E-state index < -0.39 is 6.10 Å². The van der Waals surface area contributed by atoms with Gasteiger partial charge in [0, 0.05) is 12.6 Å². The van der Waals surface area contributed by atoms with E-state index in [1.807, 2.05) is 54.6 Å². The Kier molecular flexibility index (Phi) is 5.16. The molecule has 0 bridgehead atoms. The zero-order chi connectivity index (χ0) is 14.4. The zero-order valence-corrected chi connectivity index (χ0v) is 11.9. The summed E-state index contributed by atoms with van der Waals surface area (Å²) >= 11 is 0. The van der Waals surface area contributed by atoms with E-state index in [1.54, 1.807) is 7.11 Å². The maximum absolute atomic E-state index is 10.1. The molecule has 0 aliphatic carbocycles. The quantitative estimate of drug-likeness (QED) is 0.848. The third-order valence-corrected chi connectivity index (χ3v) is 3.42. The van der Waals surface area contributed by atoms with Gasteiger partial charge in [-0.25, -0.2) is 0 Å². The van der Waals surface area contributed by atoms with Crippen molar-refractivity contribution in [3.05, 3.63) is 65.7 Å². The summed E-state index contributed by atoms with van der Waals surface area (Å²) in [6.07, 6.45) is -0.489. The third kappa shape index (κ3) is 3.83. The van der Waals surface area contributed by atoms with Crippen LogP contribution in [0.1, 0.15) is 30.2 Å². The Hall–Kier alpha value is -1.84. The molecule has 2 aromatic rings. The van der Waals surface area contributed by atoms with Crippen LogP contribution in [0.25, 0.3) is 0 Å². The highest BCUT2D eigenvalue weighted by Crippen LogP contribution is 2.18. The second-order valence-electron chi connectivity index (χ2n) is 4.83. The van der Waals surface area contributed by atoms with Crippen LogP contribution >= 0.6 is 0 Å². The molecule has 20 heavy (non-hydrogen) atoms. The number of rotatable bonds is 6. The van der Waals surface area contributed by atoms with Gasteiger partial charge in [0.25, 0.3) is 0 Å². The SMILES string of the molecule is COc1ccc(C(C)NCC(O)c2ccccc2)cc1. The minimum atomic E-state index is -0.489. The minimum Gasteiger partial charge on any atom is -0.497 e. The van der Waals surface area contributed by atoms with Gasteiger partial charge in [-0.1, -0.05) is 42.5 Å². The molecule has 0 heterocycles. The average molecular weight is 271 g/mol. The molecule has 2 N–H and O–H groups in total. The van der Waals surface area contributed by atoms with E-state index in [0.29, 0.717) is 6.54 Å². The fourth-order valence-corrected chi connectivity index (χ4v) is 2.09. The Labute approximate surface area is 120 Å². The summed E-state index contributed by atoms with van der Waals surface area (Å²) in [7, 11) is 1.66. The summed E-state index contributed by atoms with van der Waals surface area (Å²) in [6, 6.07) is 17.8. The van der Waals surface area contributed by atoms with Crippen LogP contribution in [-0.4, -0.2) is 18.8 Å². The van der Waals surface area contributed by atoms with E-state index in [0.717, 1.165) is 11.3 Å². The largest absolute Gasteiger partial charge is 0.497 e. The van der Waals surface area contributed by atoms with Crippen molar-refractivity contribution in [3.8, 4) is 5.75 Å². The van der Waals surface area contributed by atoms with Gasteiger partial charge in [-0.3, -0.25) is 0 Å². The lowest BCUT2D eigenvalue weighted by Gasteiger charge is -2.18. The van der Waals surface area contributed by atoms with Gasteiger partial charge < -0.3 is 15.2 Å². The fourth-order valence-electron chi connectivity index (χ4n) is 2.09. The molecule has 2 unspecified atom stereocenters. The van der Waals surface area contributed by atoms with Crippen LogP contribution in [0.15, 0.2) is 54.6 Å². The van der Waals surface area contributed by atoms with Gasteiger partial charge in [0.2, 0.25) is 0 Å². The molecular weight excluding hydrogens is 250 g/mol. The second-order valence-corrected chi connectivity index (χ2v) is 4.83. The first-order chi connectivity index (χ1) is 9.70. The molecule has 0 spiro atoms. The van der Waals surface area contributed by atoms with Crippen LogP contribution in [0.3, 0.4) is 0 Å². The molecule has 0 saturated carbocycles. The number of nitrogens with one attached hydrogen (secondary N) is 1. The Morgan fingerprint density at radius 1 is 1.00 bits per heavy atom. The summed E-state index contributed by atoms with van der Waals surface area (Å²) in [4.78, 5) is 0. The molecule has 0 fully saturated rings. The van der Waals surface area contributed by atoms with Crippen LogP contribution in [0, 0.1) is 0 Å². The van der Waals surface area contributed by atoms with Crippen LogP contribution in [0.5, 0.6) is 5.75 Å². The van der Waals surface area contributed by atoms with Crippen molar-refractivity contribution in [1.82, 2.24) is 5.32 Å². The number of hydrogen-bond acceptors (Lipinski definition) is 3. The van der Waals surface area contributed by atoms with E-state index in [1.165, 1.54) is 5.56 Å². The van der Waals surface area contributed by atoms with Crippen molar-refractivity contribution >= 4 is 0 Å². The maximum atomic E-state index is 10.1. The van der Waals surface area contributed by atoms with Gasteiger partial charge in [0.1, 0.15) is 5.75 Å². The molecule has 0 aliphatic heterocycles.